The molecule has 2 heterocycles. The molecule has 0 bridgehead atoms. The van der Waals surface area contributed by atoms with Gasteiger partial charge in [0.1, 0.15) is 18.5 Å². The quantitative estimate of drug-likeness (QED) is 0.627. The van der Waals surface area contributed by atoms with E-state index in [0.29, 0.717) is 23.4 Å². The molecule has 1 aliphatic rings. The molecule has 0 spiro atoms. The fourth-order valence-electron chi connectivity index (χ4n) is 3.85. The number of nitrogens with zero attached hydrogens (tertiary/aromatic N) is 2. The Morgan fingerprint density at radius 2 is 1.76 bits per heavy atom. The van der Waals surface area contributed by atoms with Crippen LogP contribution in [0.3, 0.4) is 0 Å². The van der Waals surface area contributed by atoms with Crippen molar-refractivity contribution in [3.05, 3.63) is 89.7 Å². The minimum Gasteiger partial charge on any atom is -0.491 e. The van der Waals surface area contributed by atoms with Gasteiger partial charge in [0, 0.05) is 48.7 Å². The van der Waals surface area contributed by atoms with Gasteiger partial charge in [-0.05, 0) is 43.3 Å². The van der Waals surface area contributed by atoms with Crippen LogP contribution < -0.4 is 4.74 Å². The largest absolute Gasteiger partial charge is 0.491 e. The van der Waals surface area contributed by atoms with Crippen molar-refractivity contribution in [2.45, 2.75) is 25.6 Å². The van der Waals surface area contributed by atoms with E-state index >= 15 is 0 Å². The molecule has 2 atom stereocenters. The van der Waals surface area contributed by atoms with Crippen molar-refractivity contribution in [2.75, 3.05) is 19.7 Å². The highest BCUT2D eigenvalue weighted by Crippen LogP contribution is 2.25. The van der Waals surface area contributed by atoms with E-state index in [1.165, 1.54) is 5.69 Å². The highest BCUT2D eigenvalue weighted by molar-refractivity contribution is 6.08. The zero-order valence-electron chi connectivity index (χ0n) is 16.6. The molecule has 2 aromatic carbocycles. The van der Waals surface area contributed by atoms with E-state index in [4.69, 9.17) is 4.74 Å². The number of ketones is 1. The predicted molar refractivity (Wildman–Crippen MR) is 112 cm³/mol. The molecule has 0 fully saturated rings. The normalized spacial score (nSPS) is 17.5. The molecule has 3 aromatic rings. The second kappa shape index (κ2) is 8.64. The van der Waals surface area contributed by atoms with E-state index in [1.54, 1.807) is 24.3 Å². The highest BCUT2D eigenvalue weighted by atomic mass is 16.5. The van der Waals surface area contributed by atoms with Crippen molar-refractivity contribution in [2.24, 2.45) is 0 Å². The first-order valence-electron chi connectivity index (χ1n) is 10.0. The summed E-state index contributed by atoms with van der Waals surface area (Å²) in [6, 6.07) is 20.8. The minimum absolute atomic E-state index is 0.0129. The van der Waals surface area contributed by atoms with Gasteiger partial charge >= 0.3 is 0 Å². The lowest BCUT2D eigenvalue weighted by atomic mass is 10.0. The zero-order chi connectivity index (χ0) is 20.2. The Hall–Kier alpha value is -2.89. The monoisotopic (exact) mass is 390 g/mol. The average molecular weight is 390 g/mol. The van der Waals surface area contributed by atoms with Crippen molar-refractivity contribution < 1.29 is 14.6 Å². The summed E-state index contributed by atoms with van der Waals surface area (Å²) in [6.45, 7) is 4.81. The Morgan fingerprint density at radius 1 is 1.03 bits per heavy atom. The van der Waals surface area contributed by atoms with E-state index in [0.717, 1.165) is 13.1 Å². The summed E-state index contributed by atoms with van der Waals surface area (Å²) in [6.07, 6.45) is 1.53. The van der Waals surface area contributed by atoms with Crippen LogP contribution in [0.5, 0.6) is 5.75 Å². The Labute approximate surface area is 171 Å². The predicted octanol–water partition coefficient (Wildman–Crippen LogP) is 3.54. The molecule has 0 saturated heterocycles. The van der Waals surface area contributed by atoms with Crippen molar-refractivity contribution >= 4 is 5.78 Å². The lowest BCUT2D eigenvalue weighted by Gasteiger charge is -2.36. The standard InChI is InChI=1S/C24H26N2O3/c1-18-23-8-5-13-25(23)14-15-26(18)16-21(27)17-29-22-11-9-20(10-12-22)24(28)19-6-3-2-4-7-19/h2-13,18,21,27H,14-17H2,1H3. The first-order valence-corrected chi connectivity index (χ1v) is 10.0. The van der Waals surface area contributed by atoms with Gasteiger partial charge in [0.05, 0.1) is 0 Å². The molecule has 5 nitrogen and oxygen atoms in total. The number of aliphatic hydroxyl groups is 1. The molecule has 29 heavy (non-hydrogen) atoms. The molecule has 0 aliphatic carbocycles. The SMILES string of the molecule is CC1c2cccn2CCN1CC(O)COc1ccc(C(=O)c2ccccc2)cc1. The Bertz CT molecular complexity index is 950. The van der Waals surface area contributed by atoms with Crippen LogP contribution in [-0.4, -0.2) is 46.2 Å². The van der Waals surface area contributed by atoms with Gasteiger partial charge in [-0.25, -0.2) is 0 Å². The van der Waals surface area contributed by atoms with E-state index < -0.39 is 6.10 Å². The number of carbonyl (C=O) groups is 1. The number of aliphatic hydroxyl groups excluding tert-OH is 1. The van der Waals surface area contributed by atoms with Gasteiger partial charge < -0.3 is 14.4 Å². The lowest BCUT2D eigenvalue weighted by Crippen LogP contribution is -2.42. The summed E-state index contributed by atoms with van der Waals surface area (Å²) in [5, 5.41) is 10.4. The van der Waals surface area contributed by atoms with Crippen molar-refractivity contribution in [1.82, 2.24) is 9.47 Å². The number of carbonyl (C=O) groups excluding carboxylic acids is 1. The molecule has 1 aliphatic heterocycles. The van der Waals surface area contributed by atoms with Crippen LogP contribution in [0.25, 0.3) is 0 Å². The molecule has 4 rings (SSSR count). The molecule has 1 aromatic heterocycles. The van der Waals surface area contributed by atoms with Gasteiger partial charge in [0.15, 0.2) is 5.78 Å². The van der Waals surface area contributed by atoms with Gasteiger partial charge in [-0.15, -0.1) is 0 Å². The maximum atomic E-state index is 12.5. The first-order chi connectivity index (χ1) is 14.1. The number of hydrogen-bond acceptors (Lipinski definition) is 4. The van der Waals surface area contributed by atoms with Crippen LogP contribution in [0.4, 0.5) is 0 Å². The average Bonchev–Trinajstić information content (AvgIpc) is 3.24. The Kier molecular flexibility index (Phi) is 5.79. The molecular formula is C24H26N2O3. The summed E-state index contributed by atoms with van der Waals surface area (Å²) >= 11 is 0. The highest BCUT2D eigenvalue weighted by Gasteiger charge is 2.25. The zero-order valence-corrected chi connectivity index (χ0v) is 16.6. The first kappa shape index (κ1) is 19.4. The maximum absolute atomic E-state index is 12.5. The fraction of sp³-hybridized carbons (Fsp3) is 0.292. The lowest BCUT2D eigenvalue weighted by molar-refractivity contribution is 0.0453. The van der Waals surface area contributed by atoms with Gasteiger partial charge in [0.2, 0.25) is 0 Å². The van der Waals surface area contributed by atoms with Gasteiger partial charge in [-0.3, -0.25) is 9.69 Å². The topological polar surface area (TPSA) is 54.7 Å². The third-order valence-corrected chi connectivity index (χ3v) is 5.51. The van der Waals surface area contributed by atoms with E-state index in [-0.39, 0.29) is 18.4 Å². The molecule has 1 N–H and O–H groups in total. The van der Waals surface area contributed by atoms with E-state index in [2.05, 4.69) is 34.7 Å². The smallest absolute Gasteiger partial charge is 0.193 e. The van der Waals surface area contributed by atoms with Crippen LogP contribution in [-0.2, 0) is 6.54 Å². The number of ether oxygens (including phenoxy) is 1. The molecule has 150 valence electrons. The molecule has 0 amide bonds. The van der Waals surface area contributed by atoms with Crippen molar-refractivity contribution in [3.63, 3.8) is 0 Å². The summed E-state index contributed by atoms with van der Waals surface area (Å²) in [4.78, 5) is 14.7. The molecule has 0 saturated carbocycles. The third-order valence-electron chi connectivity index (χ3n) is 5.51. The number of β-amino-alcohol motifs (C(OH)–C–C–N with tert-alkyl or cyclic N) is 1. The Morgan fingerprint density at radius 3 is 2.52 bits per heavy atom. The van der Waals surface area contributed by atoms with E-state index in [9.17, 15) is 9.90 Å². The van der Waals surface area contributed by atoms with Gasteiger partial charge in [-0.2, -0.15) is 0 Å². The van der Waals surface area contributed by atoms with Gasteiger partial charge in [-0.1, -0.05) is 30.3 Å². The van der Waals surface area contributed by atoms with E-state index in [1.807, 2.05) is 30.3 Å². The second-order valence-electron chi connectivity index (χ2n) is 7.48. The fourth-order valence-corrected chi connectivity index (χ4v) is 3.85. The molecule has 2 unspecified atom stereocenters. The van der Waals surface area contributed by atoms with Crippen molar-refractivity contribution in [1.29, 1.82) is 0 Å². The summed E-state index contributed by atoms with van der Waals surface area (Å²) in [7, 11) is 0. The van der Waals surface area contributed by atoms with Crippen LogP contribution in [0.1, 0.15) is 34.6 Å². The molecule has 0 radical (unpaired) electrons. The second-order valence-corrected chi connectivity index (χ2v) is 7.48. The van der Waals surface area contributed by atoms with Crippen molar-refractivity contribution in [3.8, 4) is 5.75 Å². The Balaban J connectivity index is 1.29. The minimum atomic E-state index is -0.579. The van der Waals surface area contributed by atoms with Crippen LogP contribution >= 0.6 is 0 Å². The number of hydrogen-bond donors (Lipinski definition) is 1. The summed E-state index contributed by atoms with van der Waals surface area (Å²) in [5.41, 5.74) is 2.57. The van der Waals surface area contributed by atoms with Crippen LogP contribution in [0.2, 0.25) is 0 Å². The number of aromatic nitrogens is 1. The molecular weight excluding hydrogens is 364 g/mol. The summed E-state index contributed by atoms with van der Waals surface area (Å²) in [5.74, 6) is 0.634. The van der Waals surface area contributed by atoms with Crippen LogP contribution in [0.15, 0.2) is 72.9 Å². The third kappa shape index (κ3) is 4.42. The summed E-state index contributed by atoms with van der Waals surface area (Å²) < 4.78 is 8.01. The van der Waals surface area contributed by atoms with Crippen LogP contribution in [0, 0.1) is 0 Å². The number of benzene rings is 2. The number of fused-ring (bicyclic) bond motifs is 1. The maximum Gasteiger partial charge on any atom is 0.193 e. The molecule has 5 heteroatoms. The number of rotatable bonds is 7. The van der Waals surface area contributed by atoms with Gasteiger partial charge in [0.25, 0.3) is 0 Å².